The summed E-state index contributed by atoms with van der Waals surface area (Å²) in [5, 5.41) is 6.11. The van der Waals surface area contributed by atoms with Crippen LogP contribution < -0.4 is 10.6 Å². The summed E-state index contributed by atoms with van der Waals surface area (Å²) in [5.74, 6) is 0.0775. The lowest BCUT2D eigenvalue weighted by atomic mass is 10.1. The van der Waals surface area contributed by atoms with Gasteiger partial charge in [0.05, 0.1) is 0 Å². The molecule has 58 valence electrons. The highest BCUT2D eigenvalue weighted by atomic mass is 16.1. The molecule has 0 aliphatic carbocycles. The van der Waals surface area contributed by atoms with Crippen LogP contribution in [0.4, 0.5) is 0 Å². The van der Waals surface area contributed by atoms with Gasteiger partial charge in [0.2, 0.25) is 5.91 Å². The van der Waals surface area contributed by atoms with Crippen LogP contribution in [-0.4, -0.2) is 25.0 Å². The average molecular weight is 142 g/mol. The van der Waals surface area contributed by atoms with E-state index in [-0.39, 0.29) is 5.91 Å². The van der Waals surface area contributed by atoms with Crippen LogP contribution in [0.3, 0.4) is 0 Å². The standard InChI is InChI=1S/C7H14N2O/c1-6(10)9-7-3-2-4-8-5-7/h7-8H,2-5H2,1H3,(H,9,10). The van der Waals surface area contributed by atoms with E-state index in [2.05, 4.69) is 10.6 Å². The van der Waals surface area contributed by atoms with Crippen molar-refractivity contribution in [3.05, 3.63) is 0 Å². The van der Waals surface area contributed by atoms with E-state index in [1.54, 1.807) is 6.92 Å². The Morgan fingerprint density at radius 3 is 3.00 bits per heavy atom. The van der Waals surface area contributed by atoms with Crippen LogP contribution >= 0.6 is 0 Å². The molecule has 1 aliphatic heterocycles. The summed E-state index contributed by atoms with van der Waals surface area (Å²) >= 11 is 0. The van der Waals surface area contributed by atoms with Gasteiger partial charge in [0.15, 0.2) is 0 Å². The number of hydrogen-bond acceptors (Lipinski definition) is 2. The first-order valence-corrected chi connectivity index (χ1v) is 3.77. The highest BCUT2D eigenvalue weighted by Crippen LogP contribution is 2.00. The quantitative estimate of drug-likeness (QED) is 0.535. The molecule has 1 unspecified atom stereocenters. The van der Waals surface area contributed by atoms with Gasteiger partial charge < -0.3 is 10.6 Å². The molecule has 0 radical (unpaired) electrons. The van der Waals surface area contributed by atoms with Gasteiger partial charge in [-0.2, -0.15) is 0 Å². The van der Waals surface area contributed by atoms with Gasteiger partial charge in [0.1, 0.15) is 0 Å². The molecule has 1 saturated heterocycles. The van der Waals surface area contributed by atoms with Crippen molar-refractivity contribution >= 4 is 5.91 Å². The van der Waals surface area contributed by atoms with Gasteiger partial charge in [-0.3, -0.25) is 4.79 Å². The fraction of sp³-hybridized carbons (Fsp3) is 0.857. The first kappa shape index (κ1) is 7.54. The normalized spacial score (nSPS) is 25.9. The van der Waals surface area contributed by atoms with Gasteiger partial charge >= 0.3 is 0 Å². The molecule has 1 amide bonds. The van der Waals surface area contributed by atoms with Gasteiger partial charge in [-0.1, -0.05) is 0 Å². The summed E-state index contributed by atoms with van der Waals surface area (Å²) < 4.78 is 0. The molecule has 0 aromatic carbocycles. The van der Waals surface area contributed by atoms with Gasteiger partial charge in [0.25, 0.3) is 0 Å². The summed E-state index contributed by atoms with van der Waals surface area (Å²) in [6.07, 6.45) is 2.29. The molecule has 0 spiro atoms. The second-order valence-corrected chi connectivity index (χ2v) is 2.74. The van der Waals surface area contributed by atoms with Gasteiger partial charge in [0, 0.05) is 19.5 Å². The highest BCUT2D eigenvalue weighted by molar-refractivity contribution is 5.73. The van der Waals surface area contributed by atoms with E-state index in [0.717, 1.165) is 19.5 Å². The molecule has 1 aliphatic rings. The van der Waals surface area contributed by atoms with E-state index < -0.39 is 0 Å². The molecular formula is C7H14N2O. The fourth-order valence-electron chi connectivity index (χ4n) is 1.26. The number of nitrogens with one attached hydrogen (secondary N) is 2. The molecule has 0 saturated carbocycles. The third kappa shape index (κ3) is 2.35. The lowest BCUT2D eigenvalue weighted by molar-refractivity contribution is -0.119. The minimum absolute atomic E-state index is 0.0775. The van der Waals surface area contributed by atoms with Crippen molar-refractivity contribution < 1.29 is 4.79 Å². The van der Waals surface area contributed by atoms with Crippen LogP contribution in [0.2, 0.25) is 0 Å². The minimum atomic E-state index is 0.0775. The predicted molar refractivity (Wildman–Crippen MR) is 39.7 cm³/mol. The second-order valence-electron chi connectivity index (χ2n) is 2.74. The zero-order valence-electron chi connectivity index (χ0n) is 6.31. The van der Waals surface area contributed by atoms with Crippen molar-refractivity contribution in [1.29, 1.82) is 0 Å². The molecule has 0 aromatic heterocycles. The van der Waals surface area contributed by atoms with E-state index in [1.807, 2.05) is 0 Å². The maximum atomic E-state index is 10.6. The predicted octanol–water partition coefficient (Wildman–Crippen LogP) is -0.125. The van der Waals surface area contributed by atoms with Crippen molar-refractivity contribution in [3.8, 4) is 0 Å². The second kappa shape index (κ2) is 3.56. The molecule has 0 bridgehead atoms. The molecule has 3 heteroatoms. The van der Waals surface area contributed by atoms with E-state index in [9.17, 15) is 4.79 Å². The van der Waals surface area contributed by atoms with Crippen LogP contribution in [0.25, 0.3) is 0 Å². The molecule has 1 rings (SSSR count). The van der Waals surface area contributed by atoms with E-state index in [0.29, 0.717) is 6.04 Å². The Hall–Kier alpha value is -0.570. The maximum absolute atomic E-state index is 10.6. The smallest absolute Gasteiger partial charge is 0.217 e. The molecule has 10 heavy (non-hydrogen) atoms. The molecule has 1 fully saturated rings. The Morgan fingerprint density at radius 2 is 2.50 bits per heavy atom. The number of amides is 1. The molecule has 2 N–H and O–H groups in total. The Kier molecular flexibility index (Phi) is 2.68. The van der Waals surface area contributed by atoms with Crippen LogP contribution in [0, 0.1) is 0 Å². The summed E-state index contributed by atoms with van der Waals surface area (Å²) in [7, 11) is 0. The summed E-state index contributed by atoms with van der Waals surface area (Å²) in [6.45, 7) is 3.59. The topological polar surface area (TPSA) is 41.1 Å². The van der Waals surface area contributed by atoms with Crippen molar-refractivity contribution in [2.45, 2.75) is 25.8 Å². The Balaban J connectivity index is 2.19. The first-order chi connectivity index (χ1) is 4.79. The Labute approximate surface area is 61.2 Å². The molecule has 0 aromatic rings. The number of piperidine rings is 1. The van der Waals surface area contributed by atoms with Crippen LogP contribution in [0.1, 0.15) is 19.8 Å². The van der Waals surface area contributed by atoms with Crippen molar-refractivity contribution in [3.63, 3.8) is 0 Å². The molecular weight excluding hydrogens is 128 g/mol. The zero-order chi connectivity index (χ0) is 7.40. The van der Waals surface area contributed by atoms with E-state index in [4.69, 9.17) is 0 Å². The number of rotatable bonds is 1. The van der Waals surface area contributed by atoms with Gasteiger partial charge in [-0.05, 0) is 19.4 Å². The van der Waals surface area contributed by atoms with Crippen molar-refractivity contribution in [2.24, 2.45) is 0 Å². The van der Waals surface area contributed by atoms with Crippen LogP contribution in [0.5, 0.6) is 0 Å². The average Bonchev–Trinajstić information content (AvgIpc) is 1.88. The van der Waals surface area contributed by atoms with Gasteiger partial charge in [-0.25, -0.2) is 0 Å². The number of carbonyl (C=O) groups is 1. The van der Waals surface area contributed by atoms with Crippen LogP contribution in [-0.2, 0) is 4.79 Å². The number of carbonyl (C=O) groups excluding carboxylic acids is 1. The Morgan fingerprint density at radius 1 is 1.70 bits per heavy atom. The largest absolute Gasteiger partial charge is 0.352 e. The molecule has 1 atom stereocenters. The maximum Gasteiger partial charge on any atom is 0.217 e. The van der Waals surface area contributed by atoms with Crippen molar-refractivity contribution in [2.75, 3.05) is 13.1 Å². The SMILES string of the molecule is CC(=O)NC1CCCNC1. The van der Waals surface area contributed by atoms with Crippen LogP contribution in [0.15, 0.2) is 0 Å². The van der Waals surface area contributed by atoms with Crippen molar-refractivity contribution in [1.82, 2.24) is 10.6 Å². The first-order valence-electron chi connectivity index (χ1n) is 3.77. The lowest BCUT2D eigenvalue weighted by Gasteiger charge is -2.22. The third-order valence-corrected chi connectivity index (χ3v) is 1.70. The minimum Gasteiger partial charge on any atom is -0.352 e. The van der Waals surface area contributed by atoms with Gasteiger partial charge in [-0.15, -0.1) is 0 Å². The fourth-order valence-corrected chi connectivity index (χ4v) is 1.26. The van der Waals surface area contributed by atoms with E-state index >= 15 is 0 Å². The van der Waals surface area contributed by atoms with E-state index in [1.165, 1.54) is 6.42 Å². The molecule has 3 nitrogen and oxygen atoms in total. The highest BCUT2D eigenvalue weighted by Gasteiger charge is 2.12. The zero-order valence-corrected chi connectivity index (χ0v) is 6.31. The third-order valence-electron chi connectivity index (χ3n) is 1.70. The summed E-state index contributed by atoms with van der Waals surface area (Å²) in [5.41, 5.74) is 0. The number of hydrogen-bond donors (Lipinski definition) is 2. The Bertz CT molecular complexity index is 119. The lowest BCUT2D eigenvalue weighted by Crippen LogP contribution is -2.44. The summed E-state index contributed by atoms with van der Waals surface area (Å²) in [6, 6.07) is 0.367. The summed E-state index contributed by atoms with van der Waals surface area (Å²) in [4.78, 5) is 10.6. The molecule has 1 heterocycles. The monoisotopic (exact) mass is 142 g/mol.